The van der Waals surface area contributed by atoms with Crippen LogP contribution in [-0.2, 0) is 4.79 Å². The topological polar surface area (TPSA) is 66.9 Å². The van der Waals surface area contributed by atoms with Gasteiger partial charge in [0, 0.05) is 23.5 Å². The van der Waals surface area contributed by atoms with Gasteiger partial charge >= 0.3 is 0 Å². The predicted octanol–water partition coefficient (Wildman–Crippen LogP) is 3.42. The number of carbonyl (C=O) groups excluding carboxylic acids is 1. The average molecular weight is 312 g/mol. The summed E-state index contributed by atoms with van der Waals surface area (Å²) in [5.41, 5.74) is 10.3. The second kappa shape index (κ2) is 5.50. The van der Waals surface area contributed by atoms with Crippen LogP contribution in [0.1, 0.15) is 17.0 Å². The van der Waals surface area contributed by atoms with E-state index in [1.807, 2.05) is 60.7 Å². The standard InChI is InChI=1S/C21H16N2O/c22-12-16-18(14-9-5-2-6-10-14)20-17(24)11-15(19(20)21(16)23)13-7-3-1-4-8-13/h1-11,18-20H,23H2/t18-,19+,20+/m0/s1. The number of hydrogen-bond donors (Lipinski definition) is 1. The fourth-order valence-electron chi connectivity index (χ4n) is 4.00. The van der Waals surface area contributed by atoms with Crippen molar-refractivity contribution in [1.82, 2.24) is 0 Å². The summed E-state index contributed by atoms with van der Waals surface area (Å²) in [5.74, 6) is -0.718. The van der Waals surface area contributed by atoms with E-state index >= 15 is 0 Å². The van der Waals surface area contributed by atoms with Crippen molar-refractivity contribution in [2.75, 3.05) is 0 Å². The summed E-state index contributed by atoms with van der Waals surface area (Å²) < 4.78 is 0. The first kappa shape index (κ1) is 14.5. The van der Waals surface area contributed by atoms with Crippen molar-refractivity contribution in [2.24, 2.45) is 17.6 Å². The minimum atomic E-state index is -0.308. The van der Waals surface area contributed by atoms with Crippen LogP contribution in [0, 0.1) is 23.2 Å². The maximum absolute atomic E-state index is 12.8. The molecule has 0 unspecified atom stereocenters. The summed E-state index contributed by atoms with van der Waals surface area (Å²) >= 11 is 0. The summed E-state index contributed by atoms with van der Waals surface area (Å²) in [7, 11) is 0. The number of benzene rings is 2. The molecule has 0 saturated heterocycles. The van der Waals surface area contributed by atoms with Crippen molar-refractivity contribution < 1.29 is 4.79 Å². The smallest absolute Gasteiger partial charge is 0.161 e. The van der Waals surface area contributed by atoms with Crippen LogP contribution in [0.15, 0.2) is 78.0 Å². The molecule has 3 heteroatoms. The summed E-state index contributed by atoms with van der Waals surface area (Å²) in [6, 6.07) is 21.8. The van der Waals surface area contributed by atoms with Crippen LogP contribution in [0.25, 0.3) is 5.57 Å². The zero-order valence-corrected chi connectivity index (χ0v) is 13.0. The Kier molecular flexibility index (Phi) is 3.32. The number of ketones is 1. The van der Waals surface area contributed by atoms with Gasteiger partial charge in [-0.15, -0.1) is 0 Å². The molecule has 0 saturated carbocycles. The molecule has 0 fully saturated rings. The van der Waals surface area contributed by atoms with E-state index in [4.69, 9.17) is 5.73 Å². The van der Waals surface area contributed by atoms with Gasteiger partial charge in [-0.2, -0.15) is 5.26 Å². The number of rotatable bonds is 2. The van der Waals surface area contributed by atoms with Crippen LogP contribution in [0.5, 0.6) is 0 Å². The van der Waals surface area contributed by atoms with Gasteiger partial charge in [-0.25, -0.2) is 0 Å². The van der Waals surface area contributed by atoms with Crippen molar-refractivity contribution in [1.29, 1.82) is 5.26 Å². The van der Waals surface area contributed by atoms with Gasteiger partial charge < -0.3 is 5.73 Å². The second-order valence-electron chi connectivity index (χ2n) is 6.24. The first-order valence-corrected chi connectivity index (χ1v) is 7.98. The zero-order chi connectivity index (χ0) is 16.7. The number of nitrogens with two attached hydrogens (primary N) is 1. The molecule has 2 N–H and O–H groups in total. The molecule has 2 aromatic carbocycles. The first-order chi connectivity index (χ1) is 11.7. The highest BCUT2D eigenvalue weighted by Gasteiger charge is 2.50. The predicted molar refractivity (Wildman–Crippen MR) is 92.4 cm³/mol. The lowest BCUT2D eigenvalue weighted by molar-refractivity contribution is -0.118. The summed E-state index contributed by atoms with van der Waals surface area (Å²) in [4.78, 5) is 12.8. The minimum absolute atomic E-state index is 0.0564. The van der Waals surface area contributed by atoms with Crippen LogP contribution in [0.2, 0.25) is 0 Å². The number of nitriles is 1. The van der Waals surface area contributed by atoms with Crippen LogP contribution in [0.3, 0.4) is 0 Å². The Morgan fingerprint density at radius 3 is 2.17 bits per heavy atom. The highest BCUT2D eigenvalue weighted by molar-refractivity contribution is 6.07. The van der Waals surface area contributed by atoms with Gasteiger partial charge in [-0.1, -0.05) is 60.7 Å². The Morgan fingerprint density at radius 1 is 0.917 bits per heavy atom. The van der Waals surface area contributed by atoms with Crippen molar-refractivity contribution in [3.8, 4) is 6.07 Å². The monoisotopic (exact) mass is 312 g/mol. The molecule has 0 amide bonds. The molecule has 0 radical (unpaired) electrons. The van der Waals surface area contributed by atoms with E-state index in [0.29, 0.717) is 11.3 Å². The summed E-state index contributed by atoms with van der Waals surface area (Å²) in [5, 5.41) is 9.65. The van der Waals surface area contributed by atoms with Gasteiger partial charge in [0.25, 0.3) is 0 Å². The lowest BCUT2D eigenvalue weighted by Gasteiger charge is -2.20. The molecule has 4 rings (SSSR count). The molecule has 0 bridgehead atoms. The highest BCUT2D eigenvalue weighted by Crippen LogP contribution is 2.54. The SMILES string of the molecule is N#CC1=C(N)[C@@H]2C(c3ccccc3)=CC(=O)[C@@H]2[C@H]1c1ccccc1. The quantitative estimate of drug-likeness (QED) is 0.924. The third kappa shape index (κ3) is 2.00. The molecular weight excluding hydrogens is 296 g/mol. The number of carbonyl (C=O) groups is 1. The number of hydrogen-bond acceptors (Lipinski definition) is 3. The molecule has 116 valence electrons. The van der Waals surface area contributed by atoms with Crippen molar-refractivity contribution in [3.63, 3.8) is 0 Å². The van der Waals surface area contributed by atoms with Gasteiger partial charge in [0.05, 0.1) is 11.6 Å². The molecular formula is C21H16N2O. The minimum Gasteiger partial charge on any atom is -0.401 e. The zero-order valence-electron chi connectivity index (χ0n) is 13.0. The molecule has 0 aliphatic heterocycles. The maximum atomic E-state index is 12.8. The maximum Gasteiger partial charge on any atom is 0.161 e. The fourth-order valence-corrected chi connectivity index (χ4v) is 4.00. The Hall–Kier alpha value is -3.12. The Bertz CT molecular complexity index is 904. The van der Waals surface area contributed by atoms with Crippen LogP contribution < -0.4 is 5.73 Å². The molecule has 2 aliphatic rings. The van der Waals surface area contributed by atoms with Crippen molar-refractivity contribution >= 4 is 11.4 Å². The summed E-state index contributed by atoms with van der Waals surface area (Å²) in [6.07, 6.45) is 1.71. The van der Waals surface area contributed by atoms with E-state index in [-0.39, 0.29) is 23.5 Å². The Labute approximate surface area is 140 Å². The van der Waals surface area contributed by atoms with E-state index in [1.165, 1.54) is 0 Å². The molecule has 0 aromatic heterocycles. The van der Waals surface area contributed by atoms with Crippen molar-refractivity contribution in [2.45, 2.75) is 5.92 Å². The second-order valence-corrected chi connectivity index (χ2v) is 6.24. The third-order valence-corrected chi connectivity index (χ3v) is 5.02. The Balaban J connectivity index is 1.85. The average Bonchev–Trinajstić information content (AvgIpc) is 3.12. The van der Waals surface area contributed by atoms with Crippen LogP contribution in [-0.4, -0.2) is 5.78 Å². The van der Waals surface area contributed by atoms with E-state index < -0.39 is 0 Å². The van der Waals surface area contributed by atoms with Gasteiger partial charge in [-0.05, 0) is 22.8 Å². The van der Waals surface area contributed by atoms with E-state index in [0.717, 1.165) is 16.7 Å². The van der Waals surface area contributed by atoms with Gasteiger partial charge in [0.15, 0.2) is 5.78 Å². The molecule has 2 aromatic rings. The van der Waals surface area contributed by atoms with Gasteiger partial charge in [0.2, 0.25) is 0 Å². The molecule has 24 heavy (non-hydrogen) atoms. The van der Waals surface area contributed by atoms with Crippen LogP contribution >= 0.6 is 0 Å². The highest BCUT2D eigenvalue weighted by atomic mass is 16.1. The van der Waals surface area contributed by atoms with Gasteiger partial charge in [0.1, 0.15) is 0 Å². The largest absolute Gasteiger partial charge is 0.401 e. The van der Waals surface area contributed by atoms with E-state index in [1.54, 1.807) is 6.08 Å². The fraction of sp³-hybridized carbons (Fsp3) is 0.143. The summed E-state index contributed by atoms with van der Waals surface area (Å²) in [6.45, 7) is 0. The van der Waals surface area contributed by atoms with E-state index in [2.05, 4.69) is 6.07 Å². The van der Waals surface area contributed by atoms with Gasteiger partial charge in [-0.3, -0.25) is 4.79 Å². The molecule has 0 heterocycles. The lowest BCUT2D eigenvalue weighted by Crippen LogP contribution is -2.21. The third-order valence-electron chi connectivity index (χ3n) is 5.02. The Morgan fingerprint density at radius 2 is 1.54 bits per heavy atom. The number of nitrogens with zero attached hydrogens (tertiary/aromatic N) is 1. The van der Waals surface area contributed by atoms with E-state index in [9.17, 15) is 10.1 Å². The van der Waals surface area contributed by atoms with Crippen molar-refractivity contribution in [3.05, 3.63) is 89.1 Å². The number of allylic oxidation sites excluding steroid dienone is 3. The lowest BCUT2D eigenvalue weighted by atomic mass is 9.80. The molecule has 0 spiro atoms. The normalized spacial score (nSPS) is 25.4. The van der Waals surface area contributed by atoms with Crippen LogP contribution in [0.4, 0.5) is 0 Å². The molecule has 3 atom stereocenters. The first-order valence-electron chi connectivity index (χ1n) is 7.98. The molecule has 3 nitrogen and oxygen atoms in total. The number of fused-ring (bicyclic) bond motifs is 1. The molecule has 2 aliphatic carbocycles.